The van der Waals surface area contributed by atoms with E-state index in [-0.39, 0.29) is 17.6 Å². The van der Waals surface area contributed by atoms with Crippen LogP contribution in [-0.4, -0.2) is 66.4 Å². The molecule has 1 spiro atoms. The number of nitrogens with one attached hydrogen (secondary N) is 1. The lowest BCUT2D eigenvalue weighted by Gasteiger charge is -2.47. The number of aryl methyl sites for hydroxylation is 1. The number of hydrogen-bond acceptors (Lipinski definition) is 7. The number of nitrogens with zero attached hydrogens (tertiary/aromatic N) is 3. The van der Waals surface area contributed by atoms with Gasteiger partial charge in [-0.1, -0.05) is 0 Å². The van der Waals surface area contributed by atoms with E-state index in [1.54, 1.807) is 31.4 Å². The third kappa shape index (κ3) is 4.81. The number of piperidine rings is 1. The molecule has 4 heterocycles. The molecule has 2 fully saturated rings. The number of benzene rings is 2. The van der Waals surface area contributed by atoms with Crippen LogP contribution in [0.25, 0.3) is 21.8 Å². The van der Waals surface area contributed by atoms with Crippen molar-refractivity contribution in [2.75, 3.05) is 46.6 Å². The van der Waals surface area contributed by atoms with Crippen LogP contribution >= 0.6 is 0 Å². The highest BCUT2D eigenvalue weighted by atomic mass is 19.1. The van der Waals surface area contributed by atoms with Gasteiger partial charge in [0.15, 0.2) is 11.6 Å². The van der Waals surface area contributed by atoms with E-state index in [0.29, 0.717) is 39.6 Å². The van der Waals surface area contributed by atoms with E-state index in [1.165, 1.54) is 12.8 Å². The average Bonchev–Trinajstić information content (AvgIpc) is 3.28. The number of H-pyrrole nitrogens is 1. The molecule has 2 aliphatic heterocycles. The summed E-state index contributed by atoms with van der Waals surface area (Å²) in [6.45, 7) is 7.38. The minimum atomic E-state index is -0.448. The van der Waals surface area contributed by atoms with Crippen molar-refractivity contribution in [2.24, 2.45) is 5.41 Å². The van der Waals surface area contributed by atoms with Gasteiger partial charge in [0.05, 0.1) is 37.8 Å². The van der Waals surface area contributed by atoms with Gasteiger partial charge in [0, 0.05) is 28.6 Å². The number of halogens is 1. The van der Waals surface area contributed by atoms with Gasteiger partial charge in [0.1, 0.15) is 5.75 Å². The van der Waals surface area contributed by atoms with Gasteiger partial charge in [-0.2, -0.15) is 9.97 Å². The quantitative estimate of drug-likeness (QED) is 0.327. The number of likely N-dealkylation sites (tertiary alicyclic amines) is 1. The Balaban J connectivity index is 1.18. The van der Waals surface area contributed by atoms with E-state index in [0.717, 1.165) is 45.0 Å². The lowest BCUT2D eigenvalue weighted by Crippen LogP contribution is -2.51. The van der Waals surface area contributed by atoms with E-state index in [4.69, 9.17) is 18.9 Å². The van der Waals surface area contributed by atoms with Crippen molar-refractivity contribution < 1.29 is 23.3 Å². The largest absolute Gasteiger partial charge is 0.497 e. The fourth-order valence-corrected chi connectivity index (χ4v) is 5.18. The molecular formula is C28H31FN4O4. The number of fused-ring (bicyclic) bond motifs is 2. The van der Waals surface area contributed by atoms with E-state index >= 15 is 4.39 Å². The summed E-state index contributed by atoms with van der Waals surface area (Å²) in [5.74, 6) is 0.479. The highest BCUT2D eigenvalue weighted by molar-refractivity contribution is 5.86. The Morgan fingerprint density at radius 1 is 1.08 bits per heavy atom. The van der Waals surface area contributed by atoms with E-state index in [1.807, 2.05) is 19.1 Å². The number of rotatable bonds is 8. The van der Waals surface area contributed by atoms with Gasteiger partial charge in [-0.05, 0) is 75.7 Å². The average molecular weight is 507 g/mol. The normalized spacial score (nSPS) is 17.3. The second kappa shape index (κ2) is 9.79. The fraction of sp³-hybridized carbons (Fsp3) is 0.429. The standard InChI is InChI=1S/C28H31FN4O4/c1-18-14-20-22(30-18)6-7-24(25(20)29)37-26-21-15-19(34-2)4-5-23(21)31-27(32-26)36-13-3-10-33-11-8-28(9-12-33)16-35-17-28/h4-7,14-15,30H,3,8-13,16-17H2,1-2H3. The Hall–Kier alpha value is -3.43. The molecule has 194 valence electrons. The molecule has 9 heteroatoms. The minimum Gasteiger partial charge on any atom is -0.497 e. The van der Waals surface area contributed by atoms with Crippen LogP contribution in [-0.2, 0) is 4.74 Å². The Morgan fingerprint density at radius 2 is 1.92 bits per heavy atom. The zero-order valence-corrected chi connectivity index (χ0v) is 21.2. The number of aromatic nitrogens is 3. The molecule has 0 amide bonds. The third-order valence-electron chi connectivity index (χ3n) is 7.47. The Kier molecular flexibility index (Phi) is 6.34. The van der Waals surface area contributed by atoms with Gasteiger partial charge in [0.25, 0.3) is 0 Å². The summed E-state index contributed by atoms with van der Waals surface area (Å²) in [6.07, 6.45) is 3.27. The molecule has 0 atom stereocenters. The molecule has 2 aromatic heterocycles. The molecule has 8 nitrogen and oxygen atoms in total. The van der Waals surface area contributed by atoms with E-state index < -0.39 is 5.82 Å². The van der Waals surface area contributed by atoms with Crippen LogP contribution in [0.5, 0.6) is 23.4 Å². The molecule has 0 saturated carbocycles. The molecule has 2 aliphatic rings. The van der Waals surface area contributed by atoms with Crippen LogP contribution in [0, 0.1) is 18.2 Å². The van der Waals surface area contributed by atoms with Crippen LogP contribution < -0.4 is 14.2 Å². The van der Waals surface area contributed by atoms with Gasteiger partial charge in [-0.3, -0.25) is 0 Å². The maximum atomic E-state index is 15.3. The predicted octanol–water partition coefficient (Wildman–Crippen LogP) is 5.24. The van der Waals surface area contributed by atoms with Crippen molar-refractivity contribution in [3.8, 4) is 23.4 Å². The summed E-state index contributed by atoms with van der Waals surface area (Å²) in [5.41, 5.74) is 2.66. The SMILES string of the molecule is COc1ccc2nc(OCCCN3CCC4(CC3)COC4)nc(Oc3ccc4[nH]c(C)cc4c3F)c2c1. The molecule has 0 bridgehead atoms. The zero-order chi connectivity index (χ0) is 25.4. The summed E-state index contributed by atoms with van der Waals surface area (Å²) in [4.78, 5) is 14.7. The summed E-state index contributed by atoms with van der Waals surface area (Å²) in [6, 6.07) is 10.8. The monoisotopic (exact) mass is 506 g/mol. The highest BCUT2D eigenvalue weighted by Gasteiger charge is 2.40. The second-order valence-electron chi connectivity index (χ2n) is 10.1. The van der Waals surface area contributed by atoms with Crippen molar-refractivity contribution in [3.05, 3.63) is 47.9 Å². The topological polar surface area (TPSA) is 81.7 Å². The molecule has 0 radical (unpaired) electrons. The molecule has 37 heavy (non-hydrogen) atoms. The van der Waals surface area contributed by atoms with Gasteiger partial charge in [0.2, 0.25) is 5.88 Å². The second-order valence-corrected chi connectivity index (χ2v) is 10.1. The fourth-order valence-electron chi connectivity index (χ4n) is 5.18. The first-order valence-electron chi connectivity index (χ1n) is 12.8. The lowest BCUT2D eigenvalue weighted by atomic mass is 9.77. The summed E-state index contributed by atoms with van der Waals surface area (Å²) < 4.78 is 38.0. The first-order chi connectivity index (χ1) is 18.0. The molecule has 1 N–H and O–H groups in total. The number of hydrogen-bond donors (Lipinski definition) is 1. The Bertz CT molecular complexity index is 1420. The van der Waals surface area contributed by atoms with Crippen LogP contribution in [0.4, 0.5) is 4.39 Å². The molecule has 6 rings (SSSR count). The van der Waals surface area contributed by atoms with Crippen LogP contribution in [0.1, 0.15) is 25.0 Å². The van der Waals surface area contributed by atoms with Crippen LogP contribution in [0.2, 0.25) is 0 Å². The van der Waals surface area contributed by atoms with Crippen molar-refractivity contribution in [1.29, 1.82) is 0 Å². The van der Waals surface area contributed by atoms with Gasteiger partial charge in [-0.25, -0.2) is 4.39 Å². The van der Waals surface area contributed by atoms with Crippen molar-refractivity contribution in [1.82, 2.24) is 19.9 Å². The van der Waals surface area contributed by atoms with Crippen molar-refractivity contribution >= 4 is 21.8 Å². The number of ether oxygens (including phenoxy) is 4. The minimum absolute atomic E-state index is 0.0833. The van der Waals surface area contributed by atoms with Crippen LogP contribution in [0.3, 0.4) is 0 Å². The molecule has 4 aromatic rings. The molecule has 0 aliphatic carbocycles. The highest BCUT2D eigenvalue weighted by Crippen LogP contribution is 2.38. The smallest absolute Gasteiger partial charge is 0.320 e. The summed E-state index contributed by atoms with van der Waals surface area (Å²) in [7, 11) is 1.59. The maximum absolute atomic E-state index is 15.3. The molecular weight excluding hydrogens is 475 g/mol. The Labute approximate surface area is 214 Å². The van der Waals surface area contributed by atoms with Gasteiger partial charge in [-0.15, -0.1) is 0 Å². The number of aromatic amines is 1. The molecule has 2 saturated heterocycles. The van der Waals surface area contributed by atoms with E-state index in [2.05, 4.69) is 19.9 Å². The lowest BCUT2D eigenvalue weighted by molar-refractivity contribution is -0.139. The number of methoxy groups -OCH3 is 1. The van der Waals surface area contributed by atoms with Gasteiger partial charge < -0.3 is 28.8 Å². The zero-order valence-electron chi connectivity index (χ0n) is 21.2. The third-order valence-corrected chi connectivity index (χ3v) is 7.47. The summed E-state index contributed by atoms with van der Waals surface area (Å²) >= 11 is 0. The maximum Gasteiger partial charge on any atom is 0.320 e. The summed E-state index contributed by atoms with van der Waals surface area (Å²) in [5, 5.41) is 1.08. The predicted molar refractivity (Wildman–Crippen MR) is 138 cm³/mol. The molecule has 0 unspecified atom stereocenters. The van der Waals surface area contributed by atoms with Crippen molar-refractivity contribution in [2.45, 2.75) is 26.2 Å². The van der Waals surface area contributed by atoms with Crippen LogP contribution in [0.15, 0.2) is 36.4 Å². The molecule has 2 aromatic carbocycles. The van der Waals surface area contributed by atoms with E-state index in [9.17, 15) is 0 Å². The van der Waals surface area contributed by atoms with Crippen molar-refractivity contribution in [3.63, 3.8) is 0 Å². The first kappa shape index (κ1) is 23.9. The first-order valence-corrected chi connectivity index (χ1v) is 12.8. The van der Waals surface area contributed by atoms with Gasteiger partial charge >= 0.3 is 6.01 Å². The Morgan fingerprint density at radius 3 is 2.68 bits per heavy atom.